The molecule has 0 amide bonds. The van der Waals surface area contributed by atoms with Gasteiger partial charge in [0.25, 0.3) is 0 Å². The van der Waals surface area contributed by atoms with E-state index in [2.05, 4.69) is 9.72 Å². The third-order valence-corrected chi connectivity index (χ3v) is 1.81. The molecule has 1 rings (SSSR count). The summed E-state index contributed by atoms with van der Waals surface area (Å²) in [6.45, 7) is 0.599. The molecule has 72 valence electrons. The Balaban J connectivity index is 2.71. The smallest absolute Gasteiger partial charge is 0.339 e. The standard InChI is InChI=1S/C9H13NO3/c1-12-4-3-7-5-10-6-8(7)9(11)13-2/h5-6,10H,3-4H2,1-2H3. The van der Waals surface area contributed by atoms with Crippen LogP contribution in [0.5, 0.6) is 0 Å². The summed E-state index contributed by atoms with van der Waals surface area (Å²) in [5.74, 6) is -0.313. The Morgan fingerprint density at radius 3 is 2.85 bits per heavy atom. The van der Waals surface area contributed by atoms with Crippen LogP contribution < -0.4 is 0 Å². The lowest BCUT2D eigenvalue weighted by Gasteiger charge is -2.00. The highest BCUT2D eigenvalue weighted by Gasteiger charge is 2.11. The molecule has 4 nitrogen and oxygen atoms in total. The Morgan fingerprint density at radius 2 is 2.23 bits per heavy atom. The van der Waals surface area contributed by atoms with Gasteiger partial charge < -0.3 is 14.5 Å². The van der Waals surface area contributed by atoms with Crippen LogP contribution in [0.3, 0.4) is 0 Å². The van der Waals surface area contributed by atoms with Crippen molar-refractivity contribution in [2.45, 2.75) is 6.42 Å². The maximum Gasteiger partial charge on any atom is 0.339 e. The lowest BCUT2D eigenvalue weighted by atomic mass is 10.1. The van der Waals surface area contributed by atoms with Crippen LogP contribution in [0.25, 0.3) is 0 Å². The van der Waals surface area contributed by atoms with Crippen LogP contribution in [0, 0.1) is 0 Å². The van der Waals surface area contributed by atoms with E-state index < -0.39 is 0 Å². The van der Waals surface area contributed by atoms with E-state index in [9.17, 15) is 4.79 Å². The summed E-state index contributed by atoms with van der Waals surface area (Å²) in [4.78, 5) is 14.0. The average molecular weight is 183 g/mol. The lowest BCUT2D eigenvalue weighted by molar-refractivity contribution is 0.0599. The minimum atomic E-state index is -0.313. The molecule has 0 aliphatic rings. The number of methoxy groups -OCH3 is 2. The maximum absolute atomic E-state index is 11.2. The van der Waals surface area contributed by atoms with Crippen LogP contribution in [0.1, 0.15) is 15.9 Å². The molecule has 0 atom stereocenters. The molecule has 0 unspecified atom stereocenters. The van der Waals surface area contributed by atoms with Crippen molar-refractivity contribution in [2.75, 3.05) is 20.8 Å². The summed E-state index contributed by atoms with van der Waals surface area (Å²) in [6, 6.07) is 0. The number of H-pyrrole nitrogens is 1. The van der Waals surface area contributed by atoms with Gasteiger partial charge in [-0.2, -0.15) is 0 Å². The zero-order valence-corrected chi connectivity index (χ0v) is 7.79. The zero-order chi connectivity index (χ0) is 9.68. The van der Waals surface area contributed by atoms with Gasteiger partial charge in [0, 0.05) is 19.5 Å². The van der Waals surface area contributed by atoms with E-state index in [4.69, 9.17) is 4.74 Å². The predicted molar refractivity (Wildman–Crippen MR) is 47.7 cm³/mol. The van der Waals surface area contributed by atoms with Crippen LogP contribution in [0.2, 0.25) is 0 Å². The number of hydrogen-bond donors (Lipinski definition) is 1. The maximum atomic E-state index is 11.2. The fourth-order valence-corrected chi connectivity index (χ4v) is 1.11. The van der Waals surface area contributed by atoms with E-state index in [0.717, 1.165) is 5.56 Å². The molecule has 0 saturated carbocycles. The van der Waals surface area contributed by atoms with Crippen LogP contribution in [-0.4, -0.2) is 31.8 Å². The van der Waals surface area contributed by atoms with Crippen molar-refractivity contribution < 1.29 is 14.3 Å². The van der Waals surface area contributed by atoms with Crippen molar-refractivity contribution >= 4 is 5.97 Å². The molecular weight excluding hydrogens is 170 g/mol. The molecule has 1 heterocycles. The minimum absolute atomic E-state index is 0.313. The van der Waals surface area contributed by atoms with Gasteiger partial charge in [-0.1, -0.05) is 0 Å². The number of aromatic amines is 1. The second kappa shape index (κ2) is 4.67. The van der Waals surface area contributed by atoms with Crippen LogP contribution in [-0.2, 0) is 15.9 Å². The second-order valence-corrected chi connectivity index (χ2v) is 2.63. The van der Waals surface area contributed by atoms with Gasteiger partial charge in [0.05, 0.1) is 19.3 Å². The van der Waals surface area contributed by atoms with Gasteiger partial charge in [0.2, 0.25) is 0 Å². The minimum Gasteiger partial charge on any atom is -0.465 e. The second-order valence-electron chi connectivity index (χ2n) is 2.63. The summed E-state index contributed by atoms with van der Waals surface area (Å²) in [7, 11) is 3.00. The molecule has 4 heteroatoms. The SMILES string of the molecule is COCCc1c[nH]cc1C(=O)OC. The molecule has 1 N–H and O–H groups in total. The van der Waals surface area contributed by atoms with Gasteiger partial charge in [0.1, 0.15) is 0 Å². The molecule has 0 spiro atoms. The molecular formula is C9H13NO3. The van der Waals surface area contributed by atoms with Gasteiger partial charge in [0.15, 0.2) is 0 Å². The molecule has 0 aliphatic carbocycles. The molecule has 0 fully saturated rings. The highest BCUT2D eigenvalue weighted by molar-refractivity contribution is 5.90. The normalized spacial score (nSPS) is 10.0. The van der Waals surface area contributed by atoms with Crippen LogP contribution in [0.4, 0.5) is 0 Å². The fourth-order valence-electron chi connectivity index (χ4n) is 1.11. The predicted octanol–water partition coefficient (Wildman–Crippen LogP) is 0.990. The highest BCUT2D eigenvalue weighted by Crippen LogP contribution is 2.09. The number of esters is 1. The molecule has 0 aliphatic heterocycles. The molecule has 0 aromatic carbocycles. The monoisotopic (exact) mass is 183 g/mol. The topological polar surface area (TPSA) is 51.3 Å². The van der Waals surface area contributed by atoms with E-state index in [1.807, 2.05) is 0 Å². The molecule has 0 radical (unpaired) electrons. The van der Waals surface area contributed by atoms with E-state index in [-0.39, 0.29) is 5.97 Å². The Morgan fingerprint density at radius 1 is 1.46 bits per heavy atom. The summed E-state index contributed by atoms with van der Waals surface area (Å²) in [5.41, 5.74) is 1.51. The third kappa shape index (κ3) is 2.32. The van der Waals surface area contributed by atoms with Crippen LogP contribution >= 0.6 is 0 Å². The van der Waals surface area contributed by atoms with Crippen molar-refractivity contribution in [3.05, 3.63) is 23.5 Å². The largest absolute Gasteiger partial charge is 0.465 e. The summed E-state index contributed by atoms with van der Waals surface area (Å²) >= 11 is 0. The number of nitrogens with one attached hydrogen (secondary N) is 1. The number of hydrogen-bond acceptors (Lipinski definition) is 3. The number of carbonyl (C=O) groups is 1. The average Bonchev–Trinajstić information content (AvgIpc) is 2.61. The van der Waals surface area contributed by atoms with Gasteiger partial charge in [-0.3, -0.25) is 0 Å². The van der Waals surface area contributed by atoms with Crippen molar-refractivity contribution in [2.24, 2.45) is 0 Å². The van der Waals surface area contributed by atoms with Crippen molar-refractivity contribution in [3.63, 3.8) is 0 Å². The van der Waals surface area contributed by atoms with Gasteiger partial charge >= 0.3 is 5.97 Å². The Labute approximate surface area is 76.9 Å². The van der Waals surface area contributed by atoms with E-state index >= 15 is 0 Å². The van der Waals surface area contributed by atoms with E-state index in [1.54, 1.807) is 19.5 Å². The molecule has 13 heavy (non-hydrogen) atoms. The third-order valence-electron chi connectivity index (χ3n) is 1.81. The Bertz CT molecular complexity index is 280. The lowest BCUT2D eigenvalue weighted by Crippen LogP contribution is -2.04. The Kier molecular flexibility index (Phi) is 3.52. The van der Waals surface area contributed by atoms with Crippen molar-refractivity contribution in [1.82, 2.24) is 4.98 Å². The fraction of sp³-hybridized carbons (Fsp3) is 0.444. The summed E-state index contributed by atoms with van der Waals surface area (Å²) < 4.78 is 9.53. The summed E-state index contributed by atoms with van der Waals surface area (Å²) in [5, 5.41) is 0. The molecule has 1 aromatic rings. The first kappa shape index (κ1) is 9.80. The van der Waals surface area contributed by atoms with Crippen molar-refractivity contribution in [1.29, 1.82) is 0 Å². The van der Waals surface area contributed by atoms with E-state index in [0.29, 0.717) is 18.6 Å². The first-order valence-corrected chi connectivity index (χ1v) is 4.02. The number of carbonyl (C=O) groups excluding carboxylic acids is 1. The molecule has 0 saturated heterocycles. The first-order chi connectivity index (χ1) is 6.29. The van der Waals surface area contributed by atoms with Gasteiger partial charge in [-0.05, 0) is 12.0 Å². The van der Waals surface area contributed by atoms with Crippen molar-refractivity contribution in [3.8, 4) is 0 Å². The van der Waals surface area contributed by atoms with E-state index in [1.165, 1.54) is 7.11 Å². The molecule has 0 bridgehead atoms. The zero-order valence-electron chi connectivity index (χ0n) is 7.79. The number of ether oxygens (including phenoxy) is 2. The summed E-state index contributed by atoms with van der Waals surface area (Å²) in [6.07, 6.45) is 4.13. The Hall–Kier alpha value is -1.29. The first-order valence-electron chi connectivity index (χ1n) is 4.02. The number of aromatic nitrogens is 1. The van der Waals surface area contributed by atoms with Gasteiger partial charge in [-0.25, -0.2) is 4.79 Å². The van der Waals surface area contributed by atoms with Gasteiger partial charge in [-0.15, -0.1) is 0 Å². The quantitative estimate of drug-likeness (QED) is 0.708. The molecule has 1 aromatic heterocycles. The number of rotatable bonds is 4. The highest BCUT2D eigenvalue weighted by atomic mass is 16.5. The van der Waals surface area contributed by atoms with Crippen LogP contribution in [0.15, 0.2) is 12.4 Å².